The zero-order valence-corrected chi connectivity index (χ0v) is 21.9. The fraction of sp³-hybridized carbons (Fsp3) is 0.448. The van der Waals surface area contributed by atoms with Gasteiger partial charge in [-0.3, -0.25) is 24.5 Å². The van der Waals surface area contributed by atoms with Gasteiger partial charge in [0.1, 0.15) is 12.6 Å². The molecule has 0 bridgehead atoms. The number of hydrogen-bond acceptors (Lipinski definition) is 6. The number of rotatable bonds is 17. The van der Waals surface area contributed by atoms with E-state index >= 15 is 0 Å². The normalized spacial score (nSPS) is 15.7. The first-order valence-corrected chi connectivity index (χ1v) is 13.3. The summed E-state index contributed by atoms with van der Waals surface area (Å²) in [7, 11) is 0. The Morgan fingerprint density at radius 1 is 0.872 bits per heavy atom. The van der Waals surface area contributed by atoms with Crippen LogP contribution in [0.2, 0.25) is 0 Å². The average Bonchev–Trinajstić information content (AvgIpc) is 3.34. The van der Waals surface area contributed by atoms with E-state index in [1.165, 1.54) is 4.90 Å². The van der Waals surface area contributed by atoms with Gasteiger partial charge >= 0.3 is 17.9 Å². The molecule has 0 saturated heterocycles. The van der Waals surface area contributed by atoms with Crippen LogP contribution in [0.1, 0.15) is 54.8 Å². The Balaban J connectivity index is 1.78. The molecule has 0 spiro atoms. The SMILES string of the molecule is O=C(O)CNCCCC[C@H](NC(CCc1ccccc1)C(=O)O)C(=O)N(CC(=O)O)C1CCc2ccccc21. The monoisotopic (exact) mass is 539 g/mol. The third kappa shape index (κ3) is 9.19. The highest BCUT2D eigenvalue weighted by molar-refractivity contribution is 5.87. The second-order valence-electron chi connectivity index (χ2n) is 9.81. The lowest BCUT2D eigenvalue weighted by atomic mass is 10.0. The molecule has 0 fully saturated rings. The molecule has 5 N–H and O–H groups in total. The number of carboxylic acids is 3. The predicted octanol–water partition coefficient (Wildman–Crippen LogP) is 2.48. The van der Waals surface area contributed by atoms with Gasteiger partial charge in [-0.1, -0.05) is 61.0 Å². The molecular formula is C29H37N3O7. The van der Waals surface area contributed by atoms with Gasteiger partial charge in [-0.2, -0.15) is 0 Å². The molecular weight excluding hydrogens is 502 g/mol. The largest absolute Gasteiger partial charge is 0.480 e. The van der Waals surface area contributed by atoms with Crippen molar-refractivity contribution in [2.24, 2.45) is 0 Å². The lowest BCUT2D eigenvalue weighted by Crippen LogP contribution is -2.53. The lowest BCUT2D eigenvalue weighted by Gasteiger charge is -2.33. The number of aliphatic carboxylic acids is 3. The van der Waals surface area contributed by atoms with E-state index in [9.17, 15) is 29.4 Å². The van der Waals surface area contributed by atoms with Crippen molar-refractivity contribution in [1.82, 2.24) is 15.5 Å². The predicted molar refractivity (Wildman–Crippen MR) is 144 cm³/mol. The first kappa shape index (κ1) is 29.8. The van der Waals surface area contributed by atoms with Crippen molar-refractivity contribution in [3.05, 3.63) is 71.3 Å². The fourth-order valence-electron chi connectivity index (χ4n) is 5.09. The maximum atomic E-state index is 13.9. The van der Waals surface area contributed by atoms with Crippen LogP contribution in [0.25, 0.3) is 0 Å². The van der Waals surface area contributed by atoms with E-state index in [0.29, 0.717) is 32.2 Å². The van der Waals surface area contributed by atoms with Gasteiger partial charge in [0.05, 0.1) is 18.6 Å². The molecule has 1 aliphatic rings. The first-order valence-electron chi connectivity index (χ1n) is 13.3. The molecule has 2 unspecified atom stereocenters. The van der Waals surface area contributed by atoms with Crippen LogP contribution in [-0.4, -0.2) is 75.8 Å². The van der Waals surface area contributed by atoms with Crippen LogP contribution in [0.15, 0.2) is 54.6 Å². The maximum absolute atomic E-state index is 13.9. The second kappa shape index (κ2) is 15.0. The van der Waals surface area contributed by atoms with Crippen molar-refractivity contribution >= 4 is 23.8 Å². The Hall–Kier alpha value is -3.76. The van der Waals surface area contributed by atoms with Crippen LogP contribution < -0.4 is 10.6 Å². The summed E-state index contributed by atoms with van der Waals surface area (Å²) in [6, 6.07) is 14.8. The van der Waals surface area contributed by atoms with E-state index < -0.39 is 48.5 Å². The van der Waals surface area contributed by atoms with Gasteiger partial charge in [0.15, 0.2) is 0 Å². The van der Waals surface area contributed by atoms with Gasteiger partial charge in [0.2, 0.25) is 5.91 Å². The van der Waals surface area contributed by atoms with E-state index in [2.05, 4.69) is 10.6 Å². The highest BCUT2D eigenvalue weighted by Crippen LogP contribution is 2.36. The number of hydrogen-bond donors (Lipinski definition) is 5. The molecule has 2 aromatic rings. The molecule has 0 aromatic heterocycles. The Morgan fingerprint density at radius 2 is 1.59 bits per heavy atom. The van der Waals surface area contributed by atoms with Crippen molar-refractivity contribution in [1.29, 1.82) is 0 Å². The number of carbonyl (C=O) groups excluding carboxylic acids is 1. The number of carboxylic acid groups (broad SMARTS) is 3. The van der Waals surface area contributed by atoms with Crippen LogP contribution in [0.3, 0.4) is 0 Å². The highest BCUT2D eigenvalue weighted by atomic mass is 16.4. The van der Waals surface area contributed by atoms with Crippen LogP contribution >= 0.6 is 0 Å². The molecule has 0 aliphatic heterocycles. The average molecular weight is 540 g/mol. The van der Waals surface area contributed by atoms with Crippen molar-refractivity contribution < 1.29 is 34.5 Å². The van der Waals surface area contributed by atoms with Crippen LogP contribution in [0.5, 0.6) is 0 Å². The number of carbonyl (C=O) groups is 4. The molecule has 0 heterocycles. The minimum atomic E-state index is -1.14. The fourth-order valence-corrected chi connectivity index (χ4v) is 5.09. The number of amides is 1. The van der Waals surface area contributed by atoms with Gasteiger partial charge in [0, 0.05) is 0 Å². The van der Waals surface area contributed by atoms with Gasteiger partial charge in [-0.15, -0.1) is 0 Å². The number of benzene rings is 2. The van der Waals surface area contributed by atoms with E-state index in [1.54, 1.807) is 0 Å². The van der Waals surface area contributed by atoms with E-state index in [0.717, 1.165) is 23.1 Å². The minimum absolute atomic E-state index is 0.172. The van der Waals surface area contributed by atoms with Gasteiger partial charge in [0.25, 0.3) is 0 Å². The van der Waals surface area contributed by atoms with Crippen LogP contribution in [-0.2, 0) is 32.0 Å². The summed E-state index contributed by atoms with van der Waals surface area (Å²) < 4.78 is 0. The molecule has 0 radical (unpaired) electrons. The quantitative estimate of drug-likeness (QED) is 0.191. The Bertz CT molecular complexity index is 1120. The number of aryl methyl sites for hydroxylation is 2. The number of nitrogens with zero attached hydrogens (tertiary/aromatic N) is 1. The van der Waals surface area contributed by atoms with Crippen molar-refractivity contribution in [3.8, 4) is 0 Å². The molecule has 0 saturated carbocycles. The number of nitrogens with one attached hydrogen (secondary N) is 2. The molecule has 39 heavy (non-hydrogen) atoms. The molecule has 10 nitrogen and oxygen atoms in total. The summed E-state index contributed by atoms with van der Waals surface area (Å²) in [4.78, 5) is 50.0. The Labute approximate surface area is 228 Å². The third-order valence-electron chi connectivity index (χ3n) is 7.00. The van der Waals surface area contributed by atoms with Crippen molar-refractivity contribution in [2.45, 2.75) is 63.1 Å². The lowest BCUT2D eigenvalue weighted by molar-refractivity contribution is -0.148. The zero-order valence-electron chi connectivity index (χ0n) is 21.9. The topological polar surface area (TPSA) is 156 Å². The summed E-state index contributed by atoms with van der Waals surface area (Å²) in [5, 5.41) is 34.2. The molecule has 10 heteroatoms. The summed E-state index contributed by atoms with van der Waals surface area (Å²) in [6.45, 7) is -0.231. The highest BCUT2D eigenvalue weighted by Gasteiger charge is 2.36. The molecule has 1 aliphatic carbocycles. The van der Waals surface area contributed by atoms with E-state index in [1.807, 2.05) is 54.6 Å². The van der Waals surface area contributed by atoms with Gasteiger partial charge in [-0.25, -0.2) is 0 Å². The minimum Gasteiger partial charge on any atom is -0.480 e. The third-order valence-corrected chi connectivity index (χ3v) is 7.00. The van der Waals surface area contributed by atoms with E-state index in [4.69, 9.17) is 5.11 Å². The van der Waals surface area contributed by atoms with Gasteiger partial charge < -0.3 is 25.5 Å². The molecule has 210 valence electrons. The van der Waals surface area contributed by atoms with E-state index in [-0.39, 0.29) is 19.4 Å². The van der Waals surface area contributed by atoms with Crippen molar-refractivity contribution in [3.63, 3.8) is 0 Å². The summed E-state index contributed by atoms with van der Waals surface area (Å²) in [5.41, 5.74) is 2.97. The Kier molecular flexibility index (Phi) is 11.4. The number of unbranched alkanes of at least 4 members (excludes halogenated alkanes) is 1. The summed E-state index contributed by atoms with van der Waals surface area (Å²) >= 11 is 0. The molecule has 3 rings (SSSR count). The maximum Gasteiger partial charge on any atom is 0.323 e. The zero-order chi connectivity index (χ0) is 28.2. The standard InChI is InChI=1S/C29H37N3O7/c33-26(34)18-30-17-7-6-12-23(31-24(29(38)39)15-13-20-8-2-1-3-9-20)28(37)32(19-27(35)36)25-16-14-21-10-4-5-11-22(21)25/h1-5,8-11,23-25,30-31H,6-7,12-19H2,(H,33,34)(H,35,36)(H,38,39)/t23-,24?,25?/m0/s1. The molecule has 1 amide bonds. The van der Waals surface area contributed by atoms with Gasteiger partial charge in [-0.05, 0) is 61.8 Å². The second-order valence-corrected chi connectivity index (χ2v) is 9.81. The number of fused-ring (bicyclic) bond motifs is 1. The van der Waals surface area contributed by atoms with Crippen LogP contribution in [0.4, 0.5) is 0 Å². The molecule has 2 aromatic carbocycles. The van der Waals surface area contributed by atoms with Crippen LogP contribution in [0, 0.1) is 0 Å². The first-order chi connectivity index (χ1) is 18.8. The summed E-state index contributed by atoms with van der Waals surface area (Å²) in [5.74, 6) is -3.62. The van der Waals surface area contributed by atoms with Crippen molar-refractivity contribution in [2.75, 3.05) is 19.6 Å². The smallest absolute Gasteiger partial charge is 0.323 e. The molecule has 3 atom stereocenters. The Morgan fingerprint density at radius 3 is 2.28 bits per heavy atom. The summed E-state index contributed by atoms with van der Waals surface area (Å²) in [6.07, 6.45) is 3.46.